The largest absolute Gasteiger partial charge is 0.466 e. The lowest BCUT2D eigenvalue weighted by molar-refractivity contribution is 0.0727. The quantitative estimate of drug-likeness (QED) is 0.773. The monoisotopic (exact) mass is 246 g/mol. The van der Waals surface area contributed by atoms with Gasteiger partial charge in [-0.25, -0.2) is 0 Å². The zero-order chi connectivity index (χ0) is 12.7. The van der Waals surface area contributed by atoms with E-state index in [9.17, 15) is 4.79 Å². The summed E-state index contributed by atoms with van der Waals surface area (Å²) < 4.78 is 10.5. The Morgan fingerprint density at radius 3 is 3.00 bits per heavy atom. The smallest absolute Gasteiger partial charge is 0.257 e. The highest BCUT2D eigenvalue weighted by Crippen LogP contribution is 2.22. The van der Waals surface area contributed by atoms with Gasteiger partial charge >= 0.3 is 0 Å². The van der Waals surface area contributed by atoms with Gasteiger partial charge in [-0.2, -0.15) is 0 Å². The van der Waals surface area contributed by atoms with Crippen molar-refractivity contribution in [1.82, 2.24) is 10.1 Å². The van der Waals surface area contributed by atoms with Gasteiger partial charge in [0.25, 0.3) is 5.91 Å². The van der Waals surface area contributed by atoms with Crippen molar-refractivity contribution >= 4 is 5.91 Å². The van der Waals surface area contributed by atoms with Crippen molar-refractivity contribution in [3.8, 4) is 0 Å². The number of rotatable bonds is 1. The van der Waals surface area contributed by atoms with Crippen LogP contribution < -0.4 is 0 Å². The minimum atomic E-state index is 0.0104. The summed E-state index contributed by atoms with van der Waals surface area (Å²) in [6.45, 7) is 4.87. The average molecular weight is 246 g/mol. The third-order valence-electron chi connectivity index (χ3n) is 3.26. The Labute approximate surface area is 104 Å². The molecule has 2 aromatic rings. The number of amides is 1. The molecule has 2 aromatic heterocycles. The summed E-state index contributed by atoms with van der Waals surface area (Å²) in [5, 5.41) is 3.76. The van der Waals surface area contributed by atoms with E-state index in [0.717, 1.165) is 23.5 Å². The summed E-state index contributed by atoms with van der Waals surface area (Å²) in [5.74, 6) is 2.34. The minimum absolute atomic E-state index is 0.0104. The van der Waals surface area contributed by atoms with Gasteiger partial charge < -0.3 is 13.8 Å². The molecule has 1 aliphatic rings. The fraction of sp³-hybridized carbons (Fsp3) is 0.385. The highest BCUT2D eigenvalue weighted by Gasteiger charge is 2.26. The first-order valence-electron chi connectivity index (χ1n) is 5.94. The molecule has 94 valence electrons. The standard InChI is InChI=1S/C13H14N2O3/c1-8-5-11(9(2)17-8)13(16)15-4-3-12-10(7-15)6-14-18-12/h5-6H,3-4,7H2,1-2H3. The number of fused-ring (bicyclic) bond motifs is 1. The lowest BCUT2D eigenvalue weighted by Crippen LogP contribution is -2.35. The molecule has 0 aromatic carbocycles. The van der Waals surface area contributed by atoms with E-state index in [-0.39, 0.29) is 5.91 Å². The molecule has 0 unspecified atom stereocenters. The molecule has 0 spiro atoms. The number of furan rings is 1. The maximum absolute atomic E-state index is 12.4. The summed E-state index contributed by atoms with van der Waals surface area (Å²) in [6.07, 6.45) is 2.40. The molecule has 5 nitrogen and oxygen atoms in total. The van der Waals surface area contributed by atoms with Crippen molar-refractivity contribution in [2.24, 2.45) is 0 Å². The van der Waals surface area contributed by atoms with Crippen molar-refractivity contribution in [2.45, 2.75) is 26.8 Å². The first kappa shape index (κ1) is 11.1. The summed E-state index contributed by atoms with van der Waals surface area (Å²) in [6, 6.07) is 1.79. The first-order valence-corrected chi connectivity index (χ1v) is 5.94. The van der Waals surface area contributed by atoms with Gasteiger partial charge in [-0.3, -0.25) is 4.79 Å². The zero-order valence-electron chi connectivity index (χ0n) is 10.4. The van der Waals surface area contributed by atoms with E-state index in [0.29, 0.717) is 24.4 Å². The predicted molar refractivity (Wildman–Crippen MR) is 63.1 cm³/mol. The molecule has 0 bridgehead atoms. The van der Waals surface area contributed by atoms with Crippen LogP contribution in [0.4, 0.5) is 0 Å². The van der Waals surface area contributed by atoms with Crippen molar-refractivity contribution in [2.75, 3.05) is 6.54 Å². The number of nitrogens with zero attached hydrogens (tertiary/aromatic N) is 2. The molecule has 0 aliphatic carbocycles. The lowest BCUT2D eigenvalue weighted by Gasteiger charge is -2.25. The number of aromatic nitrogens is 1. The highest BCUT2D eigenvalue weighted by atomic mass is 16.5. The van der Waals surface area contributed by atoms with Gasteiger partial charge in [0, 0.05) is 18.5 Å². The summed E-state index contributed by atoms with van der Waals surface area (Å²) in [4.78, 5) is 14.2. The Bertz CT molecular complexity index is 597. The van der Waals surface area contributed by atoms with E-state index in [2.05, 4.69) is 5.16 Å². The van der Waals surface area contributed by atoms with E-state index in [1.165, 1.54) is 0 Å². The molecule has 3 rings (SSSR count). The van der Waals surface area contributed by atoms with Gasteiger partial charge in [-0.15, -0.1) is 0 Å². The molecule has 0 N–H and O–H groups in total. The predicted octanol–water partition coefficient (Wildman–Crippen LogP) is 2.08. The van der Waals surface area contributed by atoms with E-state index in [1.54, 1.807) is 17.2 Å². The second kappa shape index (κ2) is 4.01. The number of hydrogen-bond acceptors (Lipinski definition) is 4. The van der Waals surface area contributed by atoms with Crippen LogP contribution in [0.15, 0.2) is 21.2 Å². The Balaban J connectivity index is 1.85. The van der Waals surface area contributed by atoms with E-state index < -0.39 is 0 Å². The van der Waals surface area contributed by atoms with Gasteiger partial charge in [-0.1, -0.05) is 5.16 Å². The van der Waals surface area contributed by atoms with Gasteiger partial charge in [0.2, 0.25) is 0 Å². The van der Waals surface area contributed by atoms with Crippen molar-refractivity contribution in [3.05, 3.63) is 40.7 Å². The van der Waals surface area contributed by atoms with Gasteiger partial charge in [0.05, 0.1) is 18.3 Å². The topological polar surface area (TPSA) is 59.5 Å². The summed E-state index contributed by atoms with van der Waals surface area (Å²) in [5.41, 5.74) is 1.64. The molecule has 5 heteroatoms. The minimum Gasteiger partial charge on any atom is -0.466 e. The van der Waals surface area contributed by atoms with Crippen molar-refractivity contribution in [1.29, 1.82) is 0 Å². The molecule has 3 heterocycles. The van der Waals surface area contributed by atoms with E-state index >= 15 is 0 Å². The number of carbonyl (C=O) groups excluding carboxylic acids is 1. The van der Waals surface area contributed by atoms with Crippen LogP contribution in [0.5, 0.6) is 0 Å². The fourth-order valence-corrected chi connectivity index (χ4v) is 2.33. The second-order valence-corrected chi connectivity index (χ2v) is 4.58. The van der Waals surface area contributed by atoms with Crippen LogP contribution in [0, 0.1) is 13.8 Å². The van der Waals surface area contributed by atoms with Crippen LogP contribution in [0.3, 0.4) is 0 Å². The fourth-order valence-electron chi connectivity index (χ4n) is 2.33. The van der Waals surface area contributed by atoms with Crippen LogP contribution in [0.25, 0.3) is 0 Å². The molecule has 18 heavy (non-hydrogen) atoms. The second-order valence-electron chi connectivity index (χ2n) is 4.58. The average Bonchev–Trinajstić information content (AvgIpc) is 2.93. The van der Waals surface area contributed by atoms with Crippen molar-refractivity contribution in [3.63, 3.8) is 0 Å². The van der Waals surface area contributed by atoms with Gasteiger partial charge in [0.15, 0.2) is 0 Å². The Morgan fingerprint density at radius 2 is 2.28 bits per heavy atom. The maximum Gasteiger partial charge on any atom is 0.257 e. The van der Waals surface area contributed by atoms with Crippen LogP contribution >= 0.6 is 0 Å². The van der Waals surface area contributed by atoms with Crippen LogP contribution in [-0.4, -0.2) is 22.5 Å². The number of carbonyl (C=O) groups is 1. The Kier molecular flexibility index (Phi) is 2.47. The third-order valence-corrected chi connectivity index (χ3v) is 3.26. The van der Waals surface area contributed by atoms with Crippen LogP contribution in [-0.2, 0) is 13.0 Å². The molecule has 1 amide bonds. The molecule has 0 saturated heterocycles. The first-order chi connectivity index (χ1) is 8.65. The molecular weight excluding hydrogens is 232 g/mol. The molecule has 0 saturated carbocycles. The van der Waals surface area contributed by atoms with E-state index in [4.69, 9.17) is 8.94 Å². The lowest BCUT2D eigenvalue weighted by atomic mass is 10.1. The van der Waals surface area contributed by atoms with Crippen LogP contribution in [0.2, 0.25) is 0 Å². The van der Waals surface area contributed by atoms with Crippen molar-refractivity contribution < 1.29 is 13.7 Å². The molecule has 0 radical (unpaired) electrons. The number of aryl methyl sites for hydroxylation is 2. The molecular formula is C13H14N2O3. The van der Waals surface area contributed by atoms with Crippen LogP contribution in [0.1, 0.15) is 33.2 Å². The zero-order valence-corrected chi connectivity index (χ0v) is 10.4. The Hall–Kier alpha value is -2.04. The van der Waals surface area contributed by atoms with Gasteiger partial charge in [0.1, 0.15) is 17.3 Å². The Morgan fingerprint density at radius 1 is 1.44 bits per heavy atom. The normalized spacial score (nSPS) is 14.7. The molecule has 0 fully saturated rings. The van der Waals surface area contributed by atoms with Gasteiger partial charge in [-0.05, 0) is 19.9 Å². The highest BCUT2D eigenvalue weighted by molar-refractivity contribution is 5.95. The van der Waals surface area contributed by atoms with E-state index in [1.807, 2.05) is 13.8 Å². The molecule has 1 aliphatic heterocycles. The maximum atomic E-state index is 12.4. The number of hydrogen-bond donors (Lipinski definition) is 0. The summed E-state index contributed by atoms with van der Waals surface area (Å²) >= 11 is 0. The molecule has 0 atom stereocenters. The SMILES string of the molecule is Cc1cc(C(=O)N2CCc3oncc3C2)c(C)o1. The third kappa shape index (κ3) is 1.72. The summed E-state index contributed by atoms with van der Waals surface area (Å²) in [7, 11) is 0.